The van der Waals surface area contributed by atoms with E-state index in [4.69, 9.17) is 31.9 Å². The second kappa shape index (κ2) is 10.6. The molecule has 7 rings (SSSR count). The number of alkyl halides is 3. The molecule has 0 amide bonds. The lowest BCUT2D eigenvalue weighted by atomic mass is 9.90. The highest BCUT2D eigenvalue weighted by Crippen LogP contribution is 2.38. The molecule has 0 saturated carbocycles. The summed E-state index contributed by atoms with van der Waals surface area (Å²) in [6, 6.07) is 9.05. The first-order valence-corrected chi connectivity index (χ1v) is 13.8. The maximum Gasteiger partial charge on any atom is 0.381 e. The summed E-state index contributed by atoms with van der Waals surface area (Å²) < 4.78 is 44.0. The van der Waals surface area contributed by atoms with Crippen molar-refractivity contribution >= 4 is 45.2 Å². The smallest absolute Gasteiger partial charge is 0.381 e. The highest BCUT2D eigenvalue weighted by molar-refractivity contribution is 6.21. The molecule has 3 aliphatic rings. The Bertz CT molecular complexity index is 1680. The Morgan fingerprint density at radius 1 is 1.20 bits per heavy atom. The summed E-state index contributed by atoms with van der Waals surface area (Å²) in [6.45, 7) is 6.01. The Morgan fingerprint density at radius 3 is 2.63 bits per heavy atom. The molecule has 4 aromatic rings. The number of nitrogens with zero attached hydrogens (tertiary/aromatic N) is 4. The monoisotopic (exact) mass is 583 g/mol. The van der Waals surface area contributed by atoms with Crippen molar-refractivity contribution in [2.45, 2.75) is 36.8 Å². The number of furan rings is 1. The third kappa shape index (κ3) is 5.01. The van der Waals surface area contributed by atoms with Crippen LogP contribution >= 0.6 is 11.6 Å². The zero-order valence-electron chi connectivity index (χ0n) is 22.3. The van der Waals surface area contributed by atoms with Gasteiger partial charge in [-0.3, -0.25) is 4.79 Å². The largest absolute Gasteiger partial charge is 0.450 e. The molecule has 0 aliphatic carbocycles. The summed E-state index contributed by atoms with van der Waals surface area (Å²) >= 11 is 5.15. The van der Waals surface area contributed by atoms with Crippen LogP contribution in [0, 0.1) is 12.3 Å². The molecule has 3 aromatic heterocycles. The number of hydrogen-bond donors (Lipinski definition) is 1. The normalized spacial score (nSPS) is 20.1. The molecule has 41 heavy (non-hydrogen) atoms. The maximum absolute atomic E-state index is 13.5. The number of nitrogens with one attached hydrogen (secondary N) is 1. The van der Waals surface area contributed by atoms with Gasteiger partial charge >= 0.3 is 5.38 Å². The number of terminal acetylenes is 1. The van der Waals surface area contributed by atoms with Gasteiger partial charge in [-0.25, -0.2) is 9.97 Å². The van der Waals surface area contributed by atoms with Crippen molar-refractivity contribution in [2.75, 3.05) is 49.3 Å². The molecule has 9 nitrogen and oxygen atoms in total. The van der Waals surface area contributed by atoms with Gasteiger partial charge in [0.1, 0.15) is 22.4 Å². The van der Waals surface area contributed by atoms with E-state index in [0.717, 1.165) is 25.9 Å². The fourth-order valence-electron chi connectivity index (χ4n) is 5.52. The minimum Gasteiger partial charge on any atom is -0.450 e. The minimum absolute atomic E-state index is 0.0872. The number of benzene rings is 1. The third-order valence-electron chi connectivity index (χ3n) is 7.86. The number of para-hydroxylation sites is 1. The predicted octanol–water partition coefficient (Wildman–Crippen LogP) is 4.61. The second-order valence-electron chi connectivity index (χ2n) is 10.4. The number of rotatable bonds is 3. The van der Waals surface area contributed by atoms with E-state index in [0.29, 0.717) is 65.5 Å². The zero-order chi connectivity index (χ0) is 28.8. The van der Waals surface area contributed by atoms with Crippen molar-refractivity contribution < 1.29 is 22.7 Å². The first-order valence-electron chi connectivity index (χ1n) is 13.4. The fraction of sp³-hybridized carbons (Fsp3) is 0.414. The van der Waals surface area contributed by atoms with Crippen molar-refractivity contribution in [3.8, 4) is 12.3 Å². The van der Waals surface area contributed by atoms with E-state index in [1.165, 1.54) is 0 Å². The van der Waals surface area contributed by atoms with Crippen LogP contribution in [0.15, 0.2) is 45.7 Å². The molecule has 1 spiro atoms. The van der Waals surface area contributed by atoms with Crippen LogP contribution in [0.1, 0.15) is 31.2 Å². The number of ether oxygens (including phenoxy) is 2. The number of hydrogen-bond acceptors (Lipinski definition) is 8. The quantitative estimate of drug-likeness (QED) is 0.276. The third-order valence-corrected chi connectivity index (χ3v) is 8.03. The van der Waals surface area contributed by atoms with Gasteiger partial charge in [-0.2, -0.15) is 8.78 Å². The van der Waals surface area contributed by atoms with E-state index in [2.05, 4.69) is 32.7 Å². The van der Waals surface area contributed by atoms with Crippen LogP contribution < -0.4 is 15.4 Å². The number of aromatic amines is 1. The lowest BCUT2D eigenvalue weighted by molar-refractivity contribution is -0.228. The number of aromatic nitrogens is 3. The zero-order valence-corrected chi connectivity index (χ0v) is 23.1. The number of halogens is 3. The number of pyridine rings is 1. The van der Waals surface area contributed by atoms with Gasteiger partial charge in [0.25, 0.3) is 5.56 Å². The number of morpholine rings is 1. The highest BCUT2D eigenvalue weighted by atomic mass is 35.5. The van der Waals surface area contributed by atoms with Crippen molar-refractivity contribution in [3.63, 3.8) is 0 Å². The number of anilines is 2. The molecule has 3 aliphatic heterocycles. The first-order chi connectivity index (χ1) is 19.7. The fourth-order valence-corrected chi connectivity index (χ4v) is 5.60. The summed E-state index contributed by atoms with van der Waals surface area (Å²) in [5.41, 5.74) is 2.29. The summed E-state index contributed by atoms with van der Waals surface area (Å²) in [7, 11) is 0. The van der Waals surface area contributed by atoms with Crippen molar-refractivity contribution in [1.29, 1.82) is 0 Å². The summed E-state index contributed by atoms with van der Waals surface area (Å²) in [6.07, 6.45) is 8.94. The van der Waals surface area contributed by atoms with Gasteiger partial charge in [-0.1, -0.05) is 18.1 Å². The Balaban J connectivity index is 0.000000149. The van der Waals surface area contributed by atoms with Crippen LogP contribution in [0.3, 0.4) is 0 Å². The van der Waals surface area contributed by atoms with Crippen molar-refractivity contribution in [3.05, 3.63) is 58.3 Å². The molecule has 0 radical (unpaired) electrons. The van der Waals surface area contributed by atoms with Gasteiger partial charge in [0.05, 0.1) is 25.9 Å². The number of H-pyrrole nitrogens is 1. The molecule has 12 heteroatoms. The number of fused-ring (bicyclic) bond motifs is 3. The lowest BCUT2D eigenvalue weighted by Crippen LogP contribution is -2.68. The van der Waals surface area contributed by atoms with E-state index in [9.17, 15) is 13.6 Å². The van der Waals surface area contributed by atoms with Crippen LogP contribution in [-0.4, -0.2) is 66.0 Å². The van der Waals surface area contributed by atoms with Gasteiger partial charge < -0.3 is 28.7 Å². The second-order valence-corrected chi connectivity index (χ2v) is 10.8. The highest BCUT2D eigenvalue weighted by Gasteiger charge is 2.50. The van der Waals surface area contributed by atoms with E-state index in [-0.39, 0.29) is 17.2 Å². The van der Waals surface area contributed by atoms with Gasteiger partial charge in [-0.05, 0) is 49.6 Å². The van der Waals surface area contributed by atoms with Crippen LogP contribution in [0.2, 0.25) is 0 Å². The van der Waals surface area contributed by atoms with E-state index >= 15 is 0 Å². The summed E-state index contributed by atoms with van der Waals surface area (Å²) in [5, 5.41) is -2.93. The van der Waals surface area contributed by atoms with Crippen LogP contribution in [0.4, 0.5) is 20.3 Å². The Morgan fingerprint density at radius 2 is 1.95 bits per heavy atom. The minimum atomic E-state index is -3.61. The SMILES string of the molecule is C#Cc1c[nH]c(=O)c(N2CCOC3(COC3)C2C)c1.FC(F)(Cl)c1nc(N2CCCC2)c2oc3ccccc3c2n1. The average Bonchev–Trinajstić information content (AvgIpc) is 3.61. The van der Waals surface area contributed by atoms with Gasteiger partial charge in [0.15, 0.2) is 11.4 Å². The van der Waals surface area contributed by atoms with Gasteiger partial charge in [0.2, 0.25) is 5.82 Å². The van der Waals surface area contributed by atoms with E-state index in [1.807, 2.05) is 17.0 Å². The topological polar surface area (TPSA) is 96.7 Å². The molecule has 1 atom stereocenters. The van der Waals surface area contributed by atoms with Crippen LogP contribution in [-0.2, 0) is 14.9 Å². The standard InChI is InChI=1S/C15H12ClF2N3O.C14H16N2O3/c16-15(17,18)14-19-11-9-5-1-2-6-10(9)22-12(11)13(20-14)21-7-3-4-8-21;1-3-11-6-12(13(17)15-7-11)16-4-5-19-14(10(16)2)8-18-9-14/h1-2,5-6H,3-4,7-8H2;1,6-7,10H,4-5,8-9H2,2H3,(H,15,17). The Hall–Kier alpha value is -3.72. The Labute approximate surface area is 239 Å². The van der Waals surface area contributed by atoms with Crippen molar-refractivity contribution in [2.24, 2.45) is 0 Å². The predicted molar refractivity (Wildman–Crippen MR) is 152 cm³/mol. The molecular weight excluding hydrogens is 556 g/mol. The molecular formula is C29H28ClF2N5O4. The molecule has 1 N–H and O–H groups in total. The Kier molecular flexibility index (Phi) is 7.09. The van der Waals surface area contributed by atoms with Gasteiger partial charge in [0, 0.05) is 36.8 Å². The van der Waals surface area contributed by atoms with E-state index < -0.39 is 11.2 Å². The summed E-state index contributed by atoms with van der Waals surface area (Å²) in [4.78, 5) is 26.6. The molecule has 6 heterocycles. The molecule has 0 bridgehead atoms. The summed E-state index contributed by atoms with van der Waals surface area (Å²) in [5.74, 6) is 2.26. The van der Waals surface area contributed by atoms with Crippen molar-refractivity contribution in [1.82, 2.24) is 15.0 Å². The average molecular weight is 584 g/mol. The van der Waals surface area contributed by atoms with Crippen LogP contribution in [0.5, 0.6) is 0 Å². The molecule has 214 valence electrons. The molecule has 3 fully saturated rings. The lowest BCUT2D eigenvalue weighted by Gasteiger charge is -2.53. The molecule has 1 unspecified atom stereocenters. The molecule has 3 saturated heterocycles. The maximum atomic E-state index is 13.5. The van der Waals surface area contributed by atoms with Gasteiger partial charge in [-0.15, -0.1) is 6.42 Å². The first kappa shape index (κ1) is 27.4. The van der Waals surface area contributed by atoms with Crippen LogP contribution in [0.25, 0.3) is 22.1 Å². The van der Waals surface area contributed by atoms with E-state index in [1.54, 1.807) is 24.4 Å². The molecule has 1 aromatic carbocycles.